The number of unbranched alkanes of at least 4 members (excludes halogenated alkanes) is 1. The van der Waals surface area contributed by atoms with Crippen LogP contribution in [0.15, 0.2) is 0 Å². The van der Waals surface area contributed by atoms with Gasteiger partial charge >= 0.3 is 5.97 Å². The first kappa shape index (κ1) is 15.3. The Morgan fingerprint density at radius 1 is 1.18 bits per heavy atom. The smallest absolute Gasteiger partial charge is 0.326 e. The molecule has 120 valence electrons. The van der Waals surface area contributed by atoms with Crippen molar-refractivity contribution in [3.05, 3.63) is 0 Å². The summed E-state index contributed by atoms with van der Waals surface area (Å²) in [5, 5.41) is 20.7. The SMILES string of the molecule is N#CCCC[C@@H](NC(=O)C12CC3CC(CC(C3)C1)C2)C(=O)O. The molecule has 0 aromatic carbocycles. The summed E-state index contributed by atoms with van der Waals surface area (Å²) in [5.41, 5.74) is -0.308. The van der Waals surface area contributed by atoms with Crippen LogP contribution in [-0.4, -0.2) is 23.0 Å². The number of nitrogens with zero attached hydrogens (tertiary/aromatic N) is 1. The Morgan fingerprint density at radius 3 is 2.18 bits per heavy atom. The summed E-state index contributed by atoms with van der Waals surface area (Å²) in [7, 11) is 0. The molecular formula is C17H24N2O3. The van der Waals surface area contributed by atoms with Crippen molar-refractivity contribution in [2.45, 2.75) is 63.8 Å². The number of nitriles is 1. The zero-order valence-electron chi connectivity index (χ0n) is 12.9. The topological polar surface area (TPSA) is 90.2 Å². The second kappa shape index (κ2) is 5.91. The van der Waals surface area contributed by atoms with E-state index >= 15 is 0 Å². The summed E-state index contributed by atoms with van der Waals surface area (Å²) < 4.78 is 0. The molecule has 5 heteroatoms. The predicted octanol–water partition coefficient (Wildman–Crippen LogP) is 2.47. The molecule has 4 rings (SSSR count). The van der Waals surface area contributed by atoms with Gasteiger partial charge in [-0.05, 0) is 69.1 Å². The van der Waals surface area contributed by atoms with Crippen molar-refractivity contribution < 1.29 is 14.7 Å². The number of amides is 1. The molecule has 0 aromatic heterocycles. The van der Waals surface area contributed by atoms with Gasteiger partial charge in [-0.25, -0.2) is 4.79 Å². The van der Waals surface area contributed by atoms with Gasteiger partial charge in [-0.1, -0.05) is 0 Å². The molecule has 1 atom stereocenters. The Kier molecular flexibility index (Phi) is 4.12. The van der Waals surface area contributed by atoms with Gasteiger partial charge in [-0.2, -0.15) is 5.26 Å². The quantitative estimate of drug-likeness (QED) is 0.738. The van der Waals surface area contributed by atoms with Crippen LogP contribution < -0.4 is 5.32 Å². The lowest BCUT2D eigenvalue weighted by atomic mass is 9.49. The first-order chi connectivity index (χ1) is 10.5. The maximum Gasteiger partial charge on any atom is 0.326 e. The van der Waals surface area contributed by atoms with Crippen molar-refractivity contribution in [1.29, 1.82) is 5.26 Å². The standard InChI is InChI=1S/C17H24N2O3/c18-4-2-1-3-14(15(20)21)19-16(22)17-8-11-5-12(9-17)7-13(6-11)10-17/h11-14H,1-3,5-10H2,(H,19,22)(H,20,21)/t11?,12?,13?,14-,17?/m1/s1. The number of carboxylic acids is 1. The molecule has 0 saturated heterocycles. The maximum atomic E-state index is 12.8. The number of carboxylic acid groups (broad SMARTS) is 1. The molecule has 22 heavy (non-hydrogen) atoms. The Labute approximate surface area is 131 Å². The number of carbonyl (C=O) groups is 2. The molecule has 0 unspecified atom stereocenters. The minimum atomic E-state index is -0.990. The van der Waals surface area contributed by atoms with Crippen LogP contribution in [0.1, 0.15) is 57.8 Å². The first-order valence-corrected chi connectivity index (χ1v) is 8.43. The van der Waals surface area contributed by atoms with Gasteiger partial charge in [-0.3, -0.25) is 4.79 Å². The van der Waals surface area contributed by atoms with E-state index in [1.54, 1.807) is 0 Å². The number of aliphatic carboxylic acids is 1. The van der Waals surface area contributed by atoms with Crippen molar-refractivity contribution in [3.8, 4) is 6.07 Å². The van der Waals surface area contributed by atoms with Crippen LogP contribution in [0.4, 0.5) is 0 Å². The van der Waals surface area contributed by atoms with E-state index in [9.17, 15) is 14.7 Å². The van der Waals surface area contributed by atoms with Gasteiger partial charge in [0.2, 0.25) is 5.91 Å². The lowest BCUT2D eigenvalue weighted by molar-refractivity contribution is -0.151. The number of nitrogens with one attached hydrogen (secondary N) is 1. The van der Waals surface area contributed by atoms with Crippen molar-refractivity contribution in [1.82, 2.24) is 5.32 Å². The van der Waals surface area contributed by atoms with E-state index < -0.39 is 12.0 Å². The van der Waals surface area contributed by atoms with Gasteiger partial charge in [0.25, 0.3) is 0 Å². The third kappa shape index (κ3) is 2.84. The van der Waals surface area contributed by atoms with Gasteiger partial charge in [0.15, 0.2) is 0 Å². The van der Waals surface area contributed by atoms with E-state index in [0.717, 1.165) is 19.3 Å². The molecule has 1 amide bonds. The van der Waals surface area contributed by atoms with Crippen LogP contribution >= 0.6 is 0 Å². The van der Waals surface area contributed by atoms with Gasteiger partial charge in [0.05, 0.1) is 6.07 Å². The summed E-state index contributed by atoms with van der Waals surface area (Å²) in [4.78, 5) is 24.2. The molecule has 4 fully saturated rings. The van der Waals surface area contributed by atoms with E-state index in [-0.39, 0.29) is 11.3 Å². The summed E-state index contributed by atoms with van der Waals surface area (Å²) in [5.74, 6) is 0.962. The Bertz CT molecular complexity index is 473. The molecule has 4 saturated carbocycles. The summed E-state index contributed by atoms with van der Waals surface area (Å²) in [6.45, 7) is 0. The van der Waals surface area contributed by atoms with E-state index in [0.29, 0.717) is 37.0 Å². The third-order valence-corrected chi connectivity index (χ3v) is 5.90. The second-order valence-corrected chi connectivity index (χ2v) is 7.61. The van der Waals surface area contributed by atoms with E-state index in [1.807, 2.05) is 6.07 Å². The highest BCUT2D eigenvalue weighted by Gasteiger charge is 2.54. The van der Waals surface area contributed by atoms with Crippen LogP contribution in [-0.2, 0) is 9.59 Å². The summed E-state index contributed by atoms with van der Waals surface area (Å²) in [6.07, 6.45) is 7.78. The van der Waals surface area contributed by atoms with Crippen LogP contribution in [0.25, 0.3) is 0 Å². The zero-order chi connectivity index (χ0) is 15.7. The fourth-order valence-corrected chi connectivity index (χ4v) is 5.34. The molecule has 0 spiro atoms. The van der Waals surface area contributed by atoms with E-state index in [2.05, 4.69) is 5.32 Å². The highest BCUT2D eigenvalue weighted by molar-refractivity contribution is 5.87. The van der Waals surface area contributed by atoms with Crippen LogP contribution in [0.2, 0.25) is 0 Å². The summed E-state index contributed by atoms with van der Waals surface area (Å²) >= 11 is 0. The molecule has 4 bridgehead atoms. The van der Waals surface area contributed by atoms with Gasteiger partial charge in [0, 0.05) is 11.8 Å². The van der Waals surface area contributed by atoms with Crippen molar-refractivity contribution >= 4 is 11.9 Å². The predicted molar refractivity (Wildman–Crippen MR) is 79.6 cm³/mol. The van der Waals surface area contributed by atoms with Crippen LogP contribution in [0, 0.1) is 34.5 Å². The number of rotatable bonds is 6. The van der Waals surface area contributed by atoms with E-state index in [4.69, 9.17) is 5.26 Å². The van der Waals surface area contributed by atoms with Crippen molar-refractivity contribution in [2.24, 2.45) is 23.2 Å². The van der Waals surface area contributed by atoms with Gasteiger partial charge in [0.1, 0.15) is 6.04 Å². The molecule has 0 aromatic rings. The second-order valence-electron chi connectivity index (χ2n) is 7.61. The highest BCUT2D eigenvalue weighted by atomic mass is 16.4. The number of carbonyl (C=O) groups excluding carboxylic acids is 1. The Morgan fingerprint density at radius 2 is 1.73 bits per heavy atom. The van der Waals surface area contributed by atoms with Crippen molar-refractivity contribution in [2.75, 3.05) is 0 Å². The fourth-order valence-electron chi connectivity index (χ4n) is 5.34. The maximum absolute atomic E-state index is 12.8. The van der Waals surface area contributed by atoms with Crippen LogP contribution in [0.3, 0.4) is 0 Å². The average molecular weight is 304 g/mol. The van der Waals surface area contributed by atoms with Crippen LogP contribution in [0.5, 0.6) is 0 Å². The Hall–Kier alpha value is -1.57. The molecular weight excluding hydrogens is 280 g/mol. The largest absolute Gasteiger partial charge is 0.480 e. The monoisotopic (exact) mass is 304 g/mol. The van der Waals surface area contributed by atoms with Gasteiger partial charge < -0.3 is 10.4 Å². The molecule has 0 aliphatic heterocycles. The third-order valence-electron chi connectivity index (χ3n) is 5.90. The minimum Gasteiger partial charge on any atom is -0.480 e. The van der Waals surface area contributed by atoms with E-state index in [1.165, 1.54) is 19.3 Å². The molecule has 4 aliphatic carbocycles. The molecule has 2 N–H and O–H groups in total. The minimum absolute atomic E-state index is 0.0454. The normalized spacial score (nSPS) is 36.6. The van der Waals surface area contributed by atoms with Gasteiger partial charge in [-0.15, -0.1) is 0 Å². The average Bonchev–Trinajstić information content (AvgIpc) is 2.44. The molecule has 5 nitrogen and oxygen atoms in total. The number of hydrogen-bond donors (Lipinski definition) is 2. The van der Waals surface area contributed by atoms with Crippen molar-refractivity contribution in [3.63, 3.8) is 0 Å². The lowest BCUT2D eigenvalue weighted by Gasteiger charge is -2.55. The molecule has 0 heterocycles. The Balaban J connectivity index is 1.65. The molecule has 4 aliphatic rings. The first-order valence-electron chi connectivity index (χ1n) is 8.43. The lowest BCUT2D eigenvalue weighted by Crippen LogP contribution is -2.56. The number of hydrogen-bond acceptors (Lipinski definition) is 3. The molecule has 0 radical (unpaired) electrons. The summed E-state index contributed by atoms with van der Waals surface area (Å²) in [6, 6.07) is 1.17. The fraction of sp³-hybridized carbons (Fsp3) is 0.824. The zero-order valence-corrected chi connectivity index (χ0v) is 12.9. The highest BCUT2D eigenvalue weighted by Crippen LogP contribution is 2.60.